The summed E-state index contributed by atoms with van der Waals surface area (Å²) in [5, 5.41) is 20.2. The summed E-state index contributed by atoms with van der Waals surface area (Å²) in [7, 11) is 3.92. The Morgan fingerprint density at radius 1 is 1.11 bits per heavy atom. The molecule has 2 N–H and O–H groups in total. The van der Waals surface area contributed by atoms with Crippen LogP contribution in [0.15, 0.2) is 42.5 Å². The summed E-state index contributed by atoms with van der Waals surface area (Å²) in [6, 6.07) is 8.58. The third kappa shape index (κ3) is 6.32. The maximum absolute atomic E-state index is 13.4. The fourth-order valence-electron chi connectivity index (χ4n) is 4.98. The van der Waals surface area contributed by atoms with Crippen LogP contribution in [0.1, 0.15) is 46.3 Å². The molecule has 2 aromatic rings. The summed E-state index contributed by atoms with van der Waals surface area (Å²) < 4.78 is 5.50. The molecular formula is C29H37N3O5. The molecule has 2 aromatic carbocycles. The maximum Gasteiger partial charge on any atom is 0.258 e. The van der Waals surface area contributed by atoms with Crippen molar-refractivity contribution in [1.82, 2.24) is 9.80 Å². The van der Waals surface area contributed by atoms with Crippen molar-refractivity contribution in [2.75, 3.05) is 45.3 Å². The Balaban J connectivity index is 1.58. The highest BCUT2D eigenvalue weighted by molar-refractivity contribution is 6.02. The monoisotopic (exact) mass is 507 g/mol. The van der Waals surface area contributed by atoms with Gasteiger partial charge >= 0.3 is 0 Å². The molecule has 1 fully saturated rings. The van der Waals surface area contributed by atoms with E-state index in [2.05, 4.69) is 0 Å². The van der Waals surface area contributed by atoms with Gasteiger partial charge in [-0.25, -0.2) is 0 Å². The Kier molecular flexibility index (Phi) is 8.51. The van der Waals surface area contributed by atoms with Crippen LogP contribution in [0.3, 0.4) is 0 Å². The minimum atomic E-state index is -0.311. The number of anilines is 1. The van der Waals surface area contributed by atoms with Gasteiger partial charge in [0.05, 0.1) is 5.56 Å². The Bertz CT molecular complexity index is 1170. The normalized spacial score (nSPS) is 15.9. The lowest BCUT2D eigenvalue weighted by atomic mass is 9.96. The van der Waals surface area contributed by atoms with Crippen LogP contribution in [0.4, 0.5) is 5.69 Å². The second-order valence-electron chi connectivity index (χ2n) is 10.2. The second kappa shape index (κ2) is 11.8. The van der Waals surface area contributed by atoms with Gasteiger partial charge in [-0.2, -0.15) is 0 Å². The number of benzene rings is 2. The molecule has 37 heavy (non-hydrogen) atoms. The zero-order chi connectivity index (χ0) is 26.5. The van der Waals surface area contributed by atoms with Gasteiger partial charge in [-0.05, 0) is 69.5 Å². The van der Waals surface area contributed by atoms with Crippen molar-refractivity contribution in [3.63, 3.8) is 0 Å². The van der Waals surface area contributed by atoms with Gasteiger partial charge in [0, 0.05) is 62.8 Å². The maximum atomic E-state index is 13.4. The summed E-state index contributed by atoms with van der Waals surface area (Å²) in [5.41, 5.74) is 3.44. The highest BCUT2D eigenvalue weighted by Crippen LogP contribution is 2.35. The smallest absolute Gasteiger partial charge is 0.258 e. The van der Waals surface area contributed by atoms with Gasteiger partial charge < -0.3 is 29.6 Å². The van der Waals surface area contributed by atoms with E-state index in [0.717, 1.165) is 49.3 Å². The van der Waals surface area contributed by atoms with Crippen LogP contribution in [-0.2, 0) is 22.6 Å². The van der Waals surface area contributed by atoms with E-state index in [-0.39, 0.29) is 28.9 Å². The molecule has 198 valence electrons. The first-order valence-corrected chi connectivity index (χ1v) is 12.9. The average molecular weight is 508 g/mol. The lowest BCUT2D eigenvalue weighted by Gasteiger charge is -2.28. The zero-order valence-electron chi connectivity index (χ0n) is 21.9. The van der Waals surface area contributed by atoms with E-state index >= 15 is 0 Å². The van der Waals surface area contributed by atoms with Crippen LogP contribution in [-0.4, -0.2) is 72.2 Å². The van der Waals surface area contributed by atoms with Crippen molar-refractivity contribution in [3.05, 3.63) is 64.7 Å². The second-order valence-corrected chi connectivity index (χ2v) is 10.2. The summed E-state index contributed by atoms with van der Waals surface area (Å²) >= 11 is 0. The molecule has 2 aliphatic rings. The Labute approximate surface area is 218 Å². The van der Waals surface area contributed by atoms with Gasteiger partial charge in [-0.1, -0.05) is 18.2 Å². The zero-order valence-corrected chi connectivity index (χ0v) is 21.9. The molecule has 0 saturated carbocycles. The van der Waals surface area contributed by atoms with Crippen molar-refractivity contribution < 1.29 is 24.5 Å². The van der Waals surface area contributed by atoms with Gasteiger partial charge in [-0.3, -0.25) is 9.59 Å². The summed E-state index contributed by atoms with van der Waals surface area (Å²) in [5.74, 6) is -0.163. The van der Waals surface area contributed by atoms with Crippen LogP contribution < -0.4 is 4.90 Å². The van der Waals surface area contributed by atoms with Gasteiger partial charge in [-0.15, -0.1) is 0 Å². The lowest BCUT2D eigenvalue weighted by molar-refractivity contribution is -0.114. The van der Waals surface area contributed by atoms with Crippen molar-refractivity contribution >= 4 is 17.5 Å². The van der Waals surface area contributed by atoms with Crippen molar-refractivity contribution in [2.45, 2.75) is 39.3 Å². The number of phenols is 2. The molecule has 0 unspecified atom stereocenters. The topological polar surface area (TPSA) is 93.6 Å². The van der Waals surface area contributed by atoms with Gasteiger partial charge in [0.2, 0.25) is 0 Å². The molecule has 0 atom stereocenters. The Morgan fingerprint density at radius 3 is 2.59 bits per heavy atom. The number of aryl methyl sites for hydroxylation is 1. The molecule has 2 heterocycles. The quantitative estimate of drug-likeness (QED) is 0.528. The molecule has 0 spiro atoms. The molecule has 2 aliphatic heterocycles. The lowest BCUT2D eigenvalue weighted by Crippen LogP contribution is -2.33. The van der Waals surface area contributed by atoms with Crippen LogP contribution >= 0.6 is 0 Å². The number of likely N-dealkylation sites (N-methyl/N-ethyl adjacent to an activating group) is 1. The Morgan fingerprint density at radius 2 is 1.86 bits per heavy atom. The van der Waals surface area contributed by atoms with E-state index in [1.54, 1.807) is 17.9 Å². The molecule has 2 amide bonds. The van der Waals surface area contributed by atoms with Crippen LogP contribution in [0.25, 0.3) is 0 Å². The molecular weight excluding hydrogens is 470 g/mol. The molecule has 8 nitrogen and oxygen atoms in total. The fourth-order valence-corrected chi connectivity index (χ4v) is 4.98. The van der Waals surface area contributed by atoms with Crippen LogP contribution in [0, 0.1) is 12.8 Å². The number of ether oxygens (including phenoxy) is 1. The van der Waals surface area contributed by atoms with E-state index in [1.165, 1.54) is 12.1 Å². The first-order chi connectivity index (χ1) is 17.7. The molecule has 1 saturated heterocycles. The minimum absolute atomic E-state index is 0.0537. The predicted octanol–water partition coefficient (Wildman–Crippen LogP) is 3.83. The highest BCUT2D eigenvalue weighted by Gasteiger charge is 2.30. The minimum Gasteiger partial charge on any atom is -0.508 e. The van der Waals surface area contributed by atoms with Gasteiger partial charge in [0.1, 0.15) is 11.5 Å². The Hall–Kier alpha value is -3.36. The number of nitrogens with zero attached hydrogens (tertiary/aromatic N) is 3. The van der Waals surface area contributed by atoms with Crippen LogP contribution in [0.2, 0.25) is 0 Å². The summed E-state index contributed by atoms with van der Waals surface area (Å²) in [4.78, 5) is 32.2. The average Bonchev–Trinajstić information content (AvgIpc) is 3.31. The number of rotatable bonds is 8. The van der Waals surface area contributed by atoms with Gasteiger partial charge in [0.15, 0.2) is 0 Å². The number of phenolic OH excluding ortho intramolecular Hbond substituents is 2. The fraction of sp³-hybridized carbons (Fsp3) is 0.448. The number of aromatic hydroxyl groups is 2. The van der Waals surface area contributed by atoms with Crippen molar-refractivity contribution in [2.24, 2.45) is 5.92 Å². The first kappa shape index (κ1) is 26.7. The van der Waals surface area contributed by atoms with Crippen molar-refractivity contribution in [1.29, 1.82) is 0 Å². The number of fused-ring (bicyclic) bond motifs is 1. The summed E-state index contributed by atoms with van der Waals surface area (Å²) in [6.45, 7) is 5.22. The summed E-state index contributed by atoms with van der Waals surface area (Å²) in [6.07, 6.45) is 6.41. The largest absolute Gasteiger partial charge is 0.508 e. The number of carbonyl (C=O) groups excluding carboxylic acids is 2. The third-order valence-electron chi connectivity index (χ3n) is 7.18. The number of hydrogen-bond acceptors (Lipinski definition) is 6. The van der Waals surface area contributed by atoms with E-state index < -0.39 is 0 Å². The number of carbonyl (C=O) groups is 2. The van der Waals surface area contributed by atoms with E-state index in [0.29, 0.717) is 37.7 Å². The third-order valence-corrected chi connectivity index (χ3v) is 7.18. The number of amides is 2. The van der Waals surface area contributed by atoms with Gasteiger partial charge in [0.25, 0.3) is 11.8 Å². The molecule has 0 bridgehead atoms. The van der Waals surface area contributed by atoms with Crippen molar-refractivity contribution in [3.8, 4) is 11.5 Å². The van der Waals surface area contributed by atoms with E-state index in [9.17, 15) is 19.8 Å². The standard InChI is InChI=1S/C29H37N3O5/c1-20-16-23(27(34)17-26(20)33)29(36)31-18-22-6-4-7-25(24(22)19-31)32(28(35)8-5-12-30(2)3)13-9-21-10-14-37-15-11-21/h4-8,16-17,21,33-34H,9-15,18-19H2,1-3H3/b8-5+. The predicted molar refractivity (Wildman–Crippen MR) is 143 cm³/mol. The van der Waals surface area contributed by atoms with Crippen LogP contribution in [0.5, 0.6) is 11.5 Å². The molecule has 4 rings (SSSR count). The highest BCUT2D eigenvalue weighted by atomic mass is 16.5. The molecule has 0 aromatic heterocycles. The van der Waals surface area contributed by atoms with E-state index in [4.69, 9.17) is 4.74 Å². The molecule has 0 aliphatic carbocycles. The molecule has 0 radical (unpaired) electrons. The first-order valence-electron chi connectivity index (χ1n) is 12.9. The number of hydrogen-bond donors (Lipinski definition) is 2. The molecule has 8 heteroatoms. The van der Waals surface area contributed by atoms with E-state index in [1.807, 2.05) is 48.2 Å². The SMILES string of the molecule is Cc1cc(C(=O)N2Cc3cccc(N(CCC4CCOCC4)C(=O)/C=C/CN(C)C)c3C2)c(O)cc1O.